The first-order chi connectivity index (χ1) is 8.78. The van der Waals surface area contributed by atoms with E-state index in [1.165, 1.54) is 0 Å². The topological polar surface area (TPSA) is 88.1 Å². The average Bonchev–Trinajstić information content (AvgIpc) is 2.72. The zero-order valence-electron chi connectivity index (χ0n) is 12.5. The van der Waals surface area contributed by atoms with Crippen LogP contribution in [0.1, 0.15) is 26.6 Å². The lowest BCUT2D eigenvalue weighted by atomic mass is 10.2. The second-order valence-corrected chi connectivity index (χ2v) is 10.9. The predicted molar refractivity (Wildman–Crippen MR) is 74.8 cm³/mol. The van der Waals surface area contributed by atoms with Crippen molar-refractivity contribution in [2.45, 2.75) is 51.9 Å². The maximum absolute atomic E-state index is 6.10. The Balaban J connectivity index is 2.47. The first-order valence-electron chi connectivity index (χ1n) is 6.48. The summed E-state index contributed by atoms with van der Waals surface area (Å²) in [5.41, 5.74) is 0. The van der Waals surface area contributed by atoms with Gasteiger partial charge in [0.15, 0.2) is 14.1 Å². The molecule has 1 aromatic rings. The number of rotatable bonds is 7. The fourth-order valence-corrected chi connectivity index (χ4v) is 2.37. The van der Waals surface area contributed by atoms with Gasteiger partial charge in [0.25, 0.3) is 0 Å². The van der Waals surface area contributed by atoms with Crippen LogP contribution >= 0.6 is 0 Å². The molecule has 1 rings (SSSR count). The smallest absolute Gasteiger partial charge is 0.191 e. The normalized spacial score (nSPS) is 12.9. The second kappa shape index (κ2) is 6.55. The molecular weight excluding hydrogens is 262 g/mol. The van der Waals surface area contributed by atoms with Gasteiger partial charge in [-0.3, -0.25) is 0 Å². The van der Waals surface area contributed by atoms with Crippen LogP contribution in [0.25, 0.3) is 0 Å². The van der Waals surface area contributed by atoms with E-state index in [1.54, 1.807) is 4.68 Å². The molecule has 7 nitrogen and oxygen atoms in total. The van der Waals surface area contributed by atoms with Crippen molar-refractivity contribution in [3.8, 4) is 0 Å². The number of tetrazole rings is 1. The number of hydrogen-bond donors (Lipinski definition) is 1. The number of aromatic nitrogens is 4. The molecule has 2 N–H and O–H groups in total. The molecular formula is C11H25N5O2Si. The summed E-state index contributed by atoms with van der Waals surface area (Å²) in [4.78, 5) is 4.53. The summed E-state index contributed by atoms with van der Waals surface area (Å²) in [7, 11) is -1.70. The Kier molecular flexibility index (Phi) is 5.59. The minimum absolute atomic E-state index is 0.215. The van der Waals surface area contributed by atoms with Gasteiger partial charge >= 0.3 is 0 Å². The van der Waals surface area contributed by atoms with Crippen molar-refractivity contribution in [2.75, 3.05) is 13.2 Å². The molecule has 110 valence electrons. The van der Waals surface area contributed by atoms with Crippen LogP contribution in [0.2, 0.25) is 18.1 Å². The van der Waals surface area contributed by atoms with Crippen LogP contribution in [-0.4, -0.2) is 41.7 Å². The third-order valence-corrected chi connectivity index (χ3v) is 8.16. The van der Waals surface area contributed by atoms with E-state index >= 15 is 0 Å². The first kappa shape index (κ1) is 16.2. The van der Waals surface area contributed by atoms with Crippen molar-refractivity contribution in [3.63, 3.8) is 0 Å². The molecule has 0 aliphatic carbocycles. The first-order valence-corrected chi connectivity index (χ1v) is 9.39. The summed E-state index contributed by atoms with van der Waals surface area (Å²) >= 11 is 0. The number of hydrogen-bond acceptors (Lipinski definition) is 6. The molecule has 0 atom stereocenters. The van der Waals surface area contributed by atoms with Gasteiger partial charge in [0.1, 0.15) is 0 Å². The second-order valence-electron chi connectivity index (χ2n) is 6.05. The molecule has 0 aromatic carbocycles. The maximum atomic E-state index is 6.10. The molecule has 1 aromatic heterocycles. The highest BCUT2D eigenvalue weighted by Crippen LogP contribution is 2.36. The van der Waals surface area contributed by atoms with Crippen molar-refractivity contribution < 1.29 is 9.26 Å². The molecule has 1 heterocycles. The summed E-state index contributed by atoms with van der Waals surface area (Å²) in [5.74, 6) is 5.80. The molecule has 8 heteroatoms. The Bertz CT molecular complexity index is 389. The van der Waals surface area contributed by atoms with E-state index < -0.39 is 8.32 Å². The maximum Gasteiger partial charge on any atom is 0.191 e. The minimum Gasteiger partial charge on any atom is -0.416 e. The highest BCUT2D eigenvalue weighted by atomic mass is 28.4. The van der Waals surface area contributed by atoms with Gasteiger partial charge in [-0.05, 0) is 28.6 Å². The monoisotopic (exact) mass is 287 g/mol. The lowest BCUT2D eigenvalue weighted by Gasteiger charge is -2.36. The zero-order valence-corrected chi connectivity index (χ0v) is 13.5. The Morgan fingerprint density at radius 3 is 2.53 bits per heavy atom. The summed E-state index contributed by atoms with van der Waals surface area (Å²) < 4.78 is 7.80. The van der Waals surface area contributed by atoms with Crippen molar-refractivity contribution in [3.05, 3.63) is 5.82 Å². The Labute approximate surface area is 115 Å². The Hall–Kier alpha value is -0.833. The van der Waals surface area contributed by atoms with Crippen LogP contribution in [-0.2, 0) is 22.2 Å². The van der Waals surface area contributed by atoms with Crippen LogP contribution in [0.15, 0.2) is 0 Å². The lowest BCUT2D eigenvalue weighted by Crippen LogP contribution is -2.41. The van der Waals surface area contributed by atoms with Gasteiger partial charge in [-0.2, -0.15) is 0 Å². The fourth-order valence-electron chi connectivity index (χ4n) is 1.33. The quantitative estimate of drug-likeness (QED) is 0.597. The number of nitrogens with two attached hydrogens (primary N) is 1. The molecule has 0 aliphatic rings. The van der Waals surface area contributed by atoms with Gasteiger partial charge in [-0.25, -0.2) is 10.6 Å². The molecule has 0 unspecified atom stereocenters. The van der Waals surface area contributed by atoms with Gasteiger partial charge < -0.3 is 9.26 Å². The van der Waals surface area contributed by atoms with E-state index in [9.17, 15) is 0 Å². The molecule has 19 heavy (non-hydrogen) atoms. The van der Waals surface area contributed by atoms with Crippen LogP contribution < -0.4 is 5.90 Å². The van der Waals surface area contributed by atoms with Crippen LogP contribution in [0.3, 0.4) is 0 Å². The Morgan fingerprint density at radius 2 is 1.95 bits per heavy atom. The summed E-state index contributed by atoms with van der Waals surface area (Å²) in [6.07, 6.45) is 0.698. The average molecular weight is 287 g/mol. The SMILES string of the molecule is CC(C)(C)[Si](C)(C)OCCc1nnnn1CCON. The number of nitrogens with zero attached hydrogens (tertiary/aromatic N) is 4. The molecule has 0 amide bonds. The van der Waals surface area contributed by atoms with Crippen molar-refractivity contribution in [1.82, 2.24) is 20.2 Å². The third-order valence-electron chi connectivity index (χ3n) is 3.62. The van der Waals surface area contributed by atoms with Gasteiger partial charge in [0, 0.05) is 13.0 Å². The molecule has 0 spiro atoms. The predicted octanol–water partition coefficient (Wildman–Crippen LogP) is 1.13. The summed E-state index contributed by atoms with van der Waals surface area (Å²) in [6.45, 7) is 12.7. The minimum atomic E-state index is -1.70. The third kappa shape index (κ3) is 4.64. The van der Waals surface area contributed by atoms with Crippen molar-refractivity contribution in [2.24, 2.45) is 5.90 Å². The Morgan fingerprint density at radius 1 is 1.26 bits per heavy atom. The lowest BCUT2D eigenvalue weighted by molar-refractivity contribution is 0.125. The molecule has 0 aliphatic heterocycles. The molecule has 0 fully saturated rings. The fraction of sp³-hybridized carbons (Fsp3) is 0.909. The summed E-state index contributed by atoms with van der Waals surface area (Å²) in [6, 6.07) is 0. The standard InChI is InChI=1S/C11H25N5O2Si/c1-11(2,3)19(4,5)18-8-6-10-13-14-15-16(10)7-9-17-12/h6-9,12H2,1-5H3. The largest absolute Gasteiger partial charge is 0.416 e. The molecule has 0 saturated carbocycles. The van der Waals surface area contributed by atoms with Crippen molar-refractivity contribution >= 4 is 8.32 Å². The van der Waals surface area contributed by atoms with Gasteiger partial charge in [-0.1, -0.05) is 20.8 Å². The van der Waals surface area contributed by atoms with Gasteiger partial charge in [0.2, 0.25) is 0 Å². The van der Waals surface area contributed by atoms with E-state index in [1.807, 2.05) is 0 Å². The zero-order chi connectivity index (χ0) is 14.5. The van der Waals surface area contributed by atoms with Crippen LogP contribution in [0.4, 0.5) is 0 Å². The van der Waals surface area contributed by atoms with Gasteiger partial charge in [-0.15, -0.1) is 5.10 Å². The highest BCUT2D eigenvalue weighted by Gasteiger charge is 2.36. The van der Waals surface area contributed by atoms with E-state index in [4.69, 9.17) is 10.3 Å². The summed E-state index contributed by atoms with van der Waals surface area (Å²) in [5, 5.41) is 11.8. The van der Waals surface area contributed by atoms with E-state index in [0.717, 1.165) is 5.82 Å². The van der Waals surface area contributed by atoms with E-state index in [2.05, 4.69) is 54.2 Å². The molecule has 0 saturated heterocycles. The molecule has 0 bridgehead atoms. The van der Waals surface area contributed by atoms with E-state index in [-0.39, 0.29) is 5.04 Å². The van der Waals surface area contributed by atoms with Gasteiger partial charge in [0.05, 0.1) is 13.2 Å². The van der Waals surface area contributed by atoms with Crippen molar-refractivity contribution in [1.29, 1.82) is 0 Å². The van der Waals surface area contributed by atoms with Crippen LogP contribution in [0, 0.1) is 0 Å². The van der Waals surface area contributed by atoms with E-state index in [0.29, 0.717) is 26.2 Å². The molecule has 0 radical (unpaired) electrons. The van der Waals surface area contributed by atoms with Crippen LogP contribution in [0.5, 0.6) is 0 Å². The highest BCUT2D eigenvalue weighted by molar-refractivity contribution is 6.74.